The first-order chi connectivity index (χ1) is 12.4. The summed E-state index contributed by atoms with van der Waals surface area (Å²) in [5, 5.41) is 0. The van der Waals surface area contributed by atoms with Crippen LogP contribution in [-0.4, -0.2) is 4.57 Å². The zero-order valence-corrected chi connectivity index (χ0v) is 16.8. The first-order valence-electron chi connectivity index (χ1n) is 9.98. The Labute approximate surface area is 157 Å². The normalized spacial score (nSPS) is 15.9. The second-order valence-electron chi connectivity index (χ2n) is 8.96. The lowest BCUT2D eigenvalue weighted by molar-refractivity contribution is -0.634. The monoisotopic (exact) mass is 347 g/mol. The first kappa shape index (κ1) is 17.3. The predicted octanol–water partition coefficient (Wildman–Crippen LogP) is 5.85. The predicted molar refractivity (Wildman–Crippen MR) is 109 cm³/mol. The number of nitrogens with zero attached hydrogens (tertiary/aromatic N) is 2. The van der Waals surface area contributed by atoms with Crippen molar-refractivity contribution in [3.05, 3.63) is 53.6 Å². The molecule has 0 saturated heterocycles. The van der Waals surface area contributed by atoms with Crippen molar-refractivity contribution >= 4 is 11.0 Å². The summed E-state index contributed by atoms with van der Waals surface area (Å²) in [4.78, 5) is 0. The second-order valence-corrected chi connectivity index (χ2v) is 8.96. The van der Waals surface area contributed by atoms with E-state index in [1.165, 1.54) is 59.2 Å². The standard InChI is InChI=1S/C24H31N2/c1-17-10-6-9-13-20(17)23-25(5)21-15-14-18(24(2,3)4)16-22(21)26(23)19-11-7-8-12-19/h6,9-10,13-16,19H,7-8,11-12H2,1-5H3/q+1. The summed E-state index contributed by atoms with van der Waals surface area (Å²) in [6, 6.07) is 16.5. The minimum absolute atomic E-state index is 0.167. The summed E-state index contributed by atoms with van der Waals surface area (Å²) >= 11 is 0. The molecular weight excluding hydrogens is 316 g/mol. The largest absolute Gasteiger partial charge is 0.290 e. The van der Waals surface area contributed by atoms with Gasteiger partial charge in [0, 0.05) is 0 Å². The topological polar surface area (TPSA) is 8.81 Å². The van der Waals surface area contributed by atoms with E-state index in [0.29, 0.717) is 6.04 Å². The van der Waals surface area contributed by atoms with Gasteiger partial charge >= 0.3 is 0 Å². The lowest BCUT2D eigenvalue weighted by Crippen LogP contribution is -2.31. The molecule has 0 N–H and O–H groups in total. The van der Waals surface area contributed by atoms with E-state index in [4.69, 9.17) is 0 Å². The van der Waals surface area contributed by atoms with Crippen LogP contribution in [0.2, 0.25) is 0 Å². The molecule has 0 unspecified atom stereocenters. The Morgan fingerprint density at radius 1 is 1.00 bits per heavy atom. The molecule has 2 nitrogen and oxygen atoms in total. The highest BCUT2D eigenvalue weighted by Crippen LogP contribution is 2.37. The highest BCUT2D eigenvalue weighted by Gasteiger charge is 2.33. The van der Waals surface area contributed by atoms with E-state index in [-0.39, 0.29) is 5.41 Å². The van der Waals surface area contributed by atoms with Crippen molar-refractivity contribution in [2.75, 3.05) is 0 Å². The summed E-state index contributed by atoms with van der Waals surface area (Å²) in [6.07, 6.45) is 5.28. The third kappa shape index (κ3) is 2.76. The second kappa shape index (κ2) is 6.26. The number of aromatic nitrogens is 2. The van der Waals surface area contributed by atoms with E-state index in [2.05, 4.69) is 86.3 Å². The van der Waals surface area contributed by atoms with Crippen LogP contribution >= 0.6 is 0 Å². The number of hydrogen-bond donors (Lipinski definition) is 0. The highest BCUT2D eigenvalue weighted by molar-refractivity contribution is 5.78. The quantitative estimate of drug-likeness (QED) is 0.514. The molecular formula is C24H31N2+. The molecule has 0 aliphatic heterocycles. The molecule has 1 aromatic heterocycles. The third-order valence-corrected chi connectivity index (χ3v) is 6.08. The Kier molecular flexibility index (Phi) is 4.17. The lowest BCUT2D eigenvalue weighted by Gasteiger charge is -2.18. The molecule has 1 aliphatic carbocycles. The van der Waals surface area contributed by atoms with Gasteiger partial charge in [0.05, 0.1) is 12.6 Å². The summed E-state index contributed by atoms with van der Waals surface area (Å²) in [6.45, 7) is 9.14. The maximum Gasteiger partial charge on any atom is 0.290 e. The molecule has 2 heteroatoms. The lowest BCUT2D eigenvalue weighted by atomic mass is 9.87. The summed E-state index contributed by atoms with van der Waals surface area (Å²) in [5.74, 6) is 1.36. The van der Waals surface area contributed by atoms with Gasteiger partial charge in [0.15, 0.2) is 11.0 Å². The van der Waals surface area contributed by atoms with Crippen molar-refractivity contribution in [1.82, 2.24) is 4.57 Å². The molecule has 136 valence electrons. The van der Waals surface area contributed by atoms with Gasteiger partial charge in [-0.1, -0.05) is 45.0 Å². The van der Waals surface area contributed by atoms with Crippen molar-refractivity contribution in [2.24, 2.45) is 7.05 Å². The van der Waals surface area contributed by atoms with Crippen molar-refractivity contribution in [1.29, 1.82) is 0 Å². The molecule has 0 radical (unpaired) electrons. The first-order valence-corrected chi connectivity index (χ1v) is 9.98. The van der Waals surface area contributed by atoms with Gasteiger partial charge in [-0.2, -0.15) is 0 Å². The molecule has 0 atom stereocenters. The van der Waals surface area contributed by atoms with Gasteiger partial charge in [0.2, 0.25) is 0 Å². The third-order valence-electron chi connectivity index (χ3n) is 6.08. The minimum atomic E-state index is 0.167. The number of hydrogen-bond acceptors (Lipinski definition) is 0. The van der Waals surface area contributed by atoms with E-state index < -0.39 is 0 Å². The number of aryl methyl sites for hydroxylation is 2. The Hall–Kier alpha value is -2.09. The van der Waals surface area contributed by atoms with E-state index >= 15 is 0 Å². The van der Waals surface area contributed by atoms with Crippen LogP contribution < -0.4 is 4.57 Å². The number of fused-ring (bicyclic) bond motifs is 1. The highest BCUT2D eigenvalue weighted by atomic mass is 15.2. The maximum atomic E-state index is 2.65. The van der Waals surface area contributed by atoms with Crippen molar-refractivity contribution < 1.29 is 4.57 Å². The van der Waals surface area contributed by atoms with Crippen LogP contribution in [0.4, 0.5) is 0 Å². The Morgan fingerprint density at radius 2 is 1.69 bits per heavy atom. The van der Waals surface area contributed by atoms with Crippen molar-refractivity contribution in [3.8, 4) is 11.4 Å². The molecule has 0 spiro atoms. The SMILES string of the molecule is Cc1ccccc1-c1n(C2CCCC2)c2cc(C(C)(C)C)ccc2[n+]1C. The zero-order valence-electron chi connectivity index (χ0n) is 16.8. The van der Waals surface area contributed by atoms with E-state index in [9.17, 15) is 0 Å². The molecule has 0 bridgehead atoms. The molecule has 3 aromatic rings. The zero-order chi connectivity index (χ0) is 18.5. The van der Waals surface area contributed by atoms with Crippen molar-refractivity contribution in [2.45, 2.75) is 64.8 Å². The summed E-state index contributed by atoms with van der Waals surface area (Å²) in [5.41, 5.74) is 7.02. The Bertz CT molecular complexity index is 950. The molecule has 2 aromatic carbocycles. The van der Waals surface area contributed by atoms with Crippen LogP contribution in [0, 0.1) is 6.92 Å². The smallest absolute Gasteiger partial charge is 0.226 e. The molecule has 26 heavy (non-hydrogen) atoms. The fourth-order valence-electron chi connectivity index (χ4n) is 4.52. The van der Waals surface area contributed by atoms with Crippen LogP contribution in [0.3, 0.4) is 0 Å². The van der Waals surface area contributed by atoms with Crippen molar-refractivity contribution in [3.63, 3.8) is 0 Å². The molecule has 1 saturated carbocycles. The van der Waals surface area contributed by atoms with Gasteiger partial charge < -0.3 is 0 Å². The average molecular weight is 348 g/mol. The molecule has 1 heterocycles. The van der Waals surface area contributed by atoms with Gasteiger partial charge in [-0.05, 0) is 67.3 Å². The average Bonchev–Trinajstić information content (AvgIpc) is 3.21. The summed E-state index contributed by atoms with van der Waals surface area (Å²) in [7, 11) is 2.23. The molecule has 1 aliphatic rings. The number of imidazole rings is 1. The van der Waals surface area contributed by atoms with Crippen LogP contribution in [0.1, 0.15) is 63.6 Å². The molecule has 0 amide bonds. The number of rotatable bonds is 2. The van der Waals surface area contributed by atoms with Crippen LogP contribution in [0.15, 0.2) is 42.5 Å². The van der Waals surface area contributed by atoms with E-state index in [0.717, 1.165) is 0 Å². The minimum Gasteiger partial charge on any atom is -0.226 e. The van der Waals surface area contributed by atoms with Gasteiger partial charge in [-0.15, -0.1) is 0 Å². The van der Waals surface area contributed by atoms with Gasteiger partial charge in [0.25, 0.3) is 5.82 Å². The van der Waals surface area contributed by atoms with Crippen LogP contribution in [0.5, 0.6) is 0 Å². The number of benzene rings is 2. The van der Waals surface area contributed by atoms with Gasteiger partial charge in [-0.3, -0.25) is 0 Å². The Balaban J connectivity index is 2.05. The summed E-state index contributed by atoms with van der Waals surface area (Å²) < 4.78 is 5.06. The van der Waals surface area contributed by atoms with Gasteiger partial charge in [-0.25, -0.2) is 9.13 Å². The van der Waals surface area contributed by atoms with E-state index in [1.807, 2.05) is 0 Å². The van der Waals surface area contributed by atoms with Gasteiger partial charge in [0.1, 0.15) is 6.04 Å². The fraction of sp³-hybridized carbons (Fsp3) is 0.458. The fourth-order valence-corrected chi connectivity index (χ4v) is 4.52. The van der Waals surface area contributed by atoms with Crippen LogP contribution in [-0.2, 0) is 12.5 Å². The maximum absolute atomic E-state index is 2.65. The molecule has 1 fully saturated rings. The van der Waals surface area contributed by atoms with E-state index in [1.54, 1.807) is 0 Å². The molecule has 4 rings (SSSR count). The van der Waals surface area contributed by atoms with Crippen LogP contribution in [0.25, 0.3) is 22.4 Å². The Morgan fingerprint density at radius 3 is 2.35 bits per heavy atom.